The molecule has 3 rings (SSSR count). The normalized spacial score (nSPS) is 15.2. The molecule has 0 atom stereocenters. The molecular formula is C16H21N5O3S. The minimum absolute atomic E-state index is 0.0641. The molecule has 0 unspecified atom stereocenters. The monoisotopic (exact) mass is 363 g/mol. The second kappa shape index (κ2) is 7.66. The van der Waals surface area contributed by atoms with Crippen LogP contribution in [0.5, 0.6) is 0 Å². The van der Waals surface area contributed by atoms with Crippen LogP contribution in [0.4, 0.5) is 10.5 Å². The van der Waals surface area contributed by atoms with Crippen LogP contribution in [0.15, 0.2) is 42.7 Å². The number of sulfonamides is 1. The van der Waals surface area contributed by atoms with E-state index >= 15 is 0 Å². The Morgan fingerprint density at radius 1 is 1.16 bits per heavy atom. The molecule has 25 heavy (non-hydrogen) atoms. The van der Waals surface area contributed by atoms with Gasteiger partial charge in [0.05, 0.1) is 17.1 Å². The number of nitrogens with one attached hydrogen (secondary N) is 2. The van der Waals surface area contributed by atoms with Gasteiger partial charge in [-0.3, -0.25) is 0 Å². The number of carbonyl (C=O) groups excluding carboxylic acids is 1. The van der Waals surface area contributed by atoms with E-state index in [0.29, 0.717) is 18.8 Å². The van der Waals surface area contributed by atoms with E-state index in [9.17, 15) is 13.2 Å². The largest absolute Gasteiger partial charge is 0.337 e. The summed E-state index contributed by atoms with van der Waals surface area (Å²) in [6, 6.07) is 8.59. The molecule has 1 aliphatic rings. The Kier molecular flexibility index (Phi) is 5.34. The zero-order valence-corrected chi connectivity index (χ0v) is 14.6. The fourth-order valence-corrected chi connectivity index (χ4v) is 4.18. The van der Waals surface area contributed by atoms with Crippen molar-refractivity contribution in [1.29, 1.82) is 0 Å². The number of carbonyl (C=O) groups is 1. The molecule has 0 bridgehead atoms. The summed E-state index contributed by atoms with van der Waals surface area (Å²) in [5.41, 5.74) is 1.32. The van der Waals surface area contributed by atoms with Gasteiger partial charge in [0.25, 0.3) is 0 Å². The highest BCUT2D eigenvalue weighted by molar-refractivity contribution is 7.89. The Labute approximate surface area is 146 Å². The molecule has 1 saturated heterocycles. The van der Waals surface area contributed by atoms with Crippen molar-refractivity contribution in [1.82, 2.24) is 19.4 Å². The molecule has 134 valence electrons. The summed E-state index contributed by atoms with van der Waals surface area (Å²) in [5.74, 6) is -0.0960. The summed E-state index contributed by atoms with van der Waals surface area (Å²) < 4.78 is 27.4. The summed E-state index contributed by atoms with van der Waals surface area (Å²) in [6.07, 6.45) is 5.23. The lowest BCUT2D eigenvalue weighted by Crippen LogP contribution is -2.37. The maximum Gasteiger partial charge on any atom is 0.319 e. The Balaban J connectivity index is 1.55. The van der Waals surface area contributed by atoms with E-state index < -0.39 is 16.1 Å². The highest BCUT2D eigenvalue weighted by atomic mass is 32.2. The molecule has 0 saturated carbocycles. The lowest BCUT2D eigenvalue weighted by atomic mass is 10.2. The third-order valence-corrected chi connectivity index (χ3v) is 5.88. The van der Waals surface area contributed by atoms with Crippen LogP contribution >= 0.6 is 0 Å². The average molecular weight is 363 g/mol. The number of nitrogens with zero attached hydrogens (tertiary/aromatic N) is 3. The highest BCUT2D eigenvalue weighted by Crippen LogP contribution is 2.18. The maximum absolute atomic E-state index is 12.1. The fourth-order valence-electron chi connectivity index (χ4n) is 2.75. The number of anilines is 1. The summed E-state index contributed by atoms with van der Waals surface area (Å²) in [4.78, 5) is 12.1. The second-order valence-corrected chi connectivity index (χ2v) is 7.86. The van der Waals surface area contributed by atoms with E-state index in [1.807, 2.05) is 12.1 Å². The zero-order valence-electron chi connectivity index (χ0n) is 13.8. The number of hydrogen-bond donors (Lipinski definition) is 2. The number of aromatic nitrogens is 2. The van der Waals surface area contributed by atoms with Crippen LogP contribution in [0.1, 0.15) is 12.8 Å². The van der Waals surface area contributed by atoms with Gasteiger partial charge in [0.2, 0.25) is 10.0 Å². The number of benzene rings is 1. The van der Waals surface area contributed by atoms with Crippen molar-refractivity contribution in [3.05, 3.63) is 42.7 Å². The van der Waals surface area contributed by atoms with Crippen molar-refractivity contribution in [2.24, 2.45) is 0 Å². The van der Waals surface area contributed by atoms with E-state index in [0.717, 1.165) is 18.5 Å². The first kappa shape index (κ1) is 17.4. The molecule has 2 aromatic rings. The van der Waals surface area contributed by atoms with Gasteiger partial charge < -0.3 is 10.6 Å². The Hall–Kier alpha value is -2.39. The number of amides is 2. The van der Waals surface area contributed by atoms with Gasteiger partial charge in [0.15, 0.2) is 0 Å². The zero-order chi connectivity index (χ0) is 17.7. The number of hydrogen-bond acceptors (Lipinski definition) is 4. The molecule has 0 spiro atoms. The molecule has 1 fully saturated rings. The van der Waals surface area contributed by atoms with Crippen LogP contribution in [-0.4, -0.2) is 53.9 Å². The van der Waals surface area contributed by atoms with Crippen molar-refractivity contribution in [2.45, 2.75) is 12.8 Å². The maximum atomic E-state index is 12.1. The van der Waals surface area contributed by atoms with Crippen LogP contribution in [0.2, 0.25) is 0 Å². The van der Waals surface area contributed by atoms with Gasteiger partial charge in [-0.05, 0) is 31.0 Å². The molecule has 9 heteroatoms. The van der Waals surface area contributed by atoms with Crippen LogP contribution in [0, 0.1) is 0 Å². The molecular weight excluding hydrogens is 342 g/mol. The molecule has 2 heterocycles. The molecule has 0 aliphatic carbocycles. The first-order chi connectivity index (χ1) is 12.1. The Bertz CT molecular complexity index is 814. The molecule has 1 aromatic heterocycles. The van der Waals surface area contributed by atoms with Gasteiger partial charge in [-0.25, -0.2) is 22.2 Å². The topological polar surface area (TPSA) is 96.3 Å². The molecule has 2 N–H and O–H groups in total. The molecule has 1 aliphatic heterocycles. The van der Waals surface area contributed by atoms with Crippen LogP contribution in [0.3, 0.4) is 0 Å². The summed E-state index contributed by atoms with van der Waals surface area (Å²) in [5, 5.41) is 9.49. The van der Waals surface area contributed by atoms with Crippen molar-refractivity contribution < 1.29 is 13.2 Å². The van der Waals surface area contributed by atoms with Crippen LogP contribution in [0.25, 0.3) is 5.69 Å². The van der Waals surface area contributed by atoms with Crippen molar-refractivity contribution in [3.63, 3.8) is 0 Å². The summed E-state index contributed by atoms with van der Waals surface area (Å²) in [6.45, 7) is 1.21. The first-order valence-corrected chi connectivity index (χ1v) is 9.79. The third-order valence-electron chi connectivity index (χ3n) is 4.01. The van der Waals surface area contributed by atoms with E-state index in [1.54, 1.807) is 35.3 Å². The van der Waals surface area contributed by atoms with Crippen LogP contribution < -0.4 is 10.6 Å². The lowest BCUT2D eigenvalue weighted by Gasteiger charge is -2.16. The first-order valence-electron chi connectivity index (χ1n) is 8.18. The van der Waals surface area contributed by atoms with Crippen molar-refractivity contribution in [3.8, 4) is 5.69 Å². The van der Waals surface area contributed by atoms with E-state index in [2.05, 4.69) is 15.7 Å². The minimum Gasteiger partial charge on any atom is -0.337 e. The standard InChI is InChI=1S/C16H21N5O3S/c22-16(17-9-13-25(23,24)20-10-3-4-11-20)19-14-6-1-2-7-15(14)21-12-5-8-18-21/h1-2,5-8,12H,3-4,9-11,13H2,(H2,17,19,22). The predicted octanol–water partition coefficient (Wildman–Crippen LogP) is 1.42. The van der Waals surface area contributed by atoms with Crippen molar-refractivity contribution in [2.75, 3.05) is 30.7 Å². The highest BCUT2D eigenvalue weighted by Gasteiger charge is 2.24. The second-order valence-electron chi connectivity index (χ2n) is 5.77. The molecule has 2 amide bonds. The van der Waals surface area contributed by atoms with Gasteiger partial charge >= 0.3 is 6.03 Å². The smallest absolute Gasteiger partial charge is 0.319 e. The van der Waals surface area contributed by atoms with Crippen molar-refractivity contribution >= 4 is 21.7 Å². The summed E-state index contributed by atoms with van der Waals surface area (Å²) >= 11 is 0. The van der Waals surface area contributed by atoms with Crippen LogP contribution in [-0.2, 0) is 10.0 Å². The molecule has 0 radical (unpaired) electrons. The number of para-hydroxylation sites is 2. The van der Waals surface area contributed by atoms with E-state index in [1.165, 1.54) is 4.31 Å². The van der Waals surface area contributed by atoms with E-state index in [4.69, 9.17) is 0 Å². The Morgan fingerprint density at radius 2 is 1.92 bits per heavy atom. The van der Waals surface area contributed by atoms with Gasteiger partial charge in [0.1, 0.15) is 0 Å². The Morgan fingerprint density at radius 3 is 2.64 bits per heavy atom. The SMILES string of the molecule is O=C(NCCS(=O)(=O)N1CCCC1)Nc1ccccc1-n1cccn1. The van der Waals surface area contributed by atoms with Gasteiger partial charge in [-0.15, -0.1) is 0 Å². The number of urea groups is 1. The molecule has 1 aromatic carbocycles. The third kappa shape index (κ3) is 4.37. The quantitative estimate of drug-likeness (QED) is 0.811. The van der Waals surface area contributed by atoms with E-state index in [-0.39, 0.29) is 12.3 Å². The predicted molar refractivity (Wildman–Crippen MR) is 95.2 cm³/mol. The van der Waals surface area contributed by atoms with Gasteiger partial charge in [-0.2, -0.15) is 5.10 Å². The average Bonchev–Trinajstić information content (AvgIpc) is 3.29. The minimum atomic E-state index is -3.30. The summed E-state index contributed by atoms with van der Waals surface area (Å²) in [7, 11) is -3.30. The number of rotatable bonds is 6. The molecule has 8 nitrogen and oxygen atoms in total. The fraction of sp³-hybridized carbons (Fsp3) is 0.375. The van der Waals surface area contributed by atoms with Gasteiger partial charge in [0, 0.05) is 32.0 Å². The lowest BCUT2D eigenvalue weighted by molar-refractivity contribution is 0.252. The van der Waals surface area contributed by atoms with Gasteiger partial charge in [-0.1, -0.05) is 12.1 Å².